The molecule has 4 nitrogen and oxygen atoms in total. The first-order chi connectivity index (χ1) is 16.2. The number of aromatic nitrogens is 3. The first-order valence-corrected chi connectivity index (χ1v) is 11.6. The van der Waals surface area contributed by atoms with Gasteiger partial charge in [0.15, 0.2) is 5.58 Å². The van der Waals surface area contributed by atoms with Crippen LogP contribution in [-0.2, 0) is 7.05 Å². The Bertz CT molecular complexity index is 1530. The van der Waals surface area contributed by atoms with E-state index in [0.29, 0.717) is 22.8 Å². The van der Waals surface area contributed by atoms with Gasteiger partial charge in [0.25, 0.3) is 5.82 Å². The molecule has 5 aromatic rings. The summed E-state index contributed by atoms with van der Waals surface area (Å²) in [6.07, 6.45) is 4.07. The average Bonchev–Trinajstić information content (AvgIpc) is 3.33. The number of furan rings is 1. The highest BCUT2D eigenvalue weighted by Crippen LogP contribution is 2.40. The van der Waals surface area contributed by atoms with Gasteiger partial charge in [-0.2, -0.15) is 13.9 Å². The lowest BCUT2D eigenvalue weighted by Crippen LogP contribution is -2.29. The number of rotatable bonds is 4. The molecule has 5 rings (SSSR count). The van der Waals surface area contributed by atoms with E-state index >= 15 is 0 Å². The van der Waals surface area contributed by atoms with E-state index < -0.39 is 11.8 Å². The van der Waals surface area contributed by atoms with Crippen molar-refractivity contribution in [1.82, 2.24) is 9.55 Å². The number of halogens is 2. The first kappa shape index (κ1) is 22.3. The van der Waals surface area contributed by atoms with Gasteiger partial charge in [0, 0.05) is 22.6 Å². The number of imidazole rings is 1. The molecule has 0 saturated heterocycles. The highest BCUT2D eigenvalue weighted by atomic mass is 19.1. The van der Waals surface area contributed by atoms with Crippen LogP contribution in [0.2, 0.25) is 0 Å². The van der Waals surface area contributed by atoms with Crippen molar-refractivity contribution < 1.29 is 17.8 Å². The summed E-state index contributed by atoms with van der Waals surface area (Å²) >= 11 is 0. The Morgan fingerprint density at radius 1 is 1.00 bits per heavy atom. The number of hydrogen-bond donors (Lipinski definition) is 0. The van der Waals surface area contributed by atoms with E-state index in [9.17, 15) is 8.78 Å². The summed E-state index contributed by atoms with van der Waals surface area (Å²) in [5, 5.41) is 0.776. The molecule has 174 valence electrons. The molecule has 3 aromatic heterocycles. The van der Waals surface area contributed by atoms with Crippen molar-refractivity contribution in [2.75, 3.05) is 0 Å². The van der Waals surface area contributed by atoms with Crippen LogP contribution in [-0.4, -0.2) is 9.55 Å². The van der Waals surface area contributed by atoms with Crippen molar-refractivity contribution in [3.05, 3.63) is 77.2 Å². The molecule has 0 spiro atoms. The predicted molar refractivity (Wildman–Crippen MR) is 130 cm³/mol. The van der Waals surface area contributed by atoms with Gasteiger partial charge in [-0.15, -0.1) is 0 Å². The quantitative estimate of drug-likeness (QED) is 0.212. The molecular weight excluding hydrogens is 432 g/mol. The number of aryl methyl sites for hydroxylation is 2. The fourth-order valence-corrected chi connectivity index (χ4v) is 4.89. The normalized spacial score (nSPS) is 12.1. The third-order valence-electron chi connectivity index (χ3n) is 6.55. The maximum Gasteiger partial charge on any atom is 0.297 e. The van der Waals surface area contributed by atoms with Gasteiger partial charge in [-0.05, 0) is 30.4 Å². The second kappa shape index (κ2) is 8.05. The third-order valence-corrected chi connectivity index (χ3v) is 6.55. The zero-order chi connectivity index (χ0) is 24.3. The van der Waals surface area contributed by atoms with Crippen molar-refractivity contribution >= 4 is 22.1 Å². The average molecular weight is 461 g/mol. The van der Waals surface area contributed by atoms with E-state index in [2.05, 4.69) is 61.6 Å². The van der Waals surface area contributed by atoms with E-state index in [4.69, 9.17) is 4.42 Å². The molecule has 0 atom stereocenters. The van der Waals surface area contributed by atoms with Crippen molar-refractivity contribution in [3.8, 4) is 17.1 Å². The smallest absolute Gasteiger partial charge is 0.297 e. The maximum absolute atomic E-state index is 14.7. The van der Waals surface area contributed by atoms with Crippen LogP contribution in [0.3, 0.4) is 0 Å². The van der Waals surface area contributed by atoms with Crippen LogP contribution in [0.1, 0.15) is 56.2 Å². The summed E-state index contributed by atoms with van der Waals surface area (Å²) in [5.41, 5.74) is 5.89. The zero-order valence-electron chi connectivity index (χ0n) is 20.3. The lowest BCUT2D eigenvalue weighted by Gasteiger charge is -2.18. The molecule has 0 amide bonds. The molecule has 0 bridgehead atoms. The number of pyridine rings is 1. The number of hydrogen-bond acceptors (Lipinski definition) is 2. The summed E-state index contributed by atoms with van der Waals surface area (Å²) in [4.78, 5) is 3.82. The summed E-state index contributed by atoms with van der Waals surface area (Å²) < 4.78 is 38.9. The molecule has 0 N–H and O–H groups in total. The van der Waals surface area contributed by atoms with Crippen LogP contribution in [0.4, 0.5) is 8.78 Å². The monoisotopic (exact) mass is 460 g/mol. The standard InChI is InChI=1S/C28H28F2N3O/c1-15(2)18-8-7-9-19(16(3)4)25(18)33-13-12-32(6)28(33)23-17(5)10-11-20-24-21(29)14-22(30)31-27(24)34-26(20)23/h7-16H,1-6H3/q+1. The van der Waals surface area contributed by atoms with E-state index in [-0.39, 0.29) is 11.1 Å². The van der Waals surface area contributed by atoms with Gasteiger partial charge >= 0.3 is 0 Å². The van der Waals surface area contributed by atoms with E-state index in [1.165, 1.54) is 11.1 Å². The summed E-state index contributed by atoms with van der Waals surface area (Å²) in [7, 11) is 1.98. The van der Waals surface area contributed by atoms with Gasteiger partial charge < -0.3 is 4.42 Å². The molecule has 0 aliphatic heterocycles. The Kier molecular flexibility index (Phi) is 5.27. The molecule has 0 saturated carbocycles. The van der Waals surface area contributed by atoms with Gasteiger partial charge in [-0.25, -0.2) is 8.96 Å². The molecule has 34 heavy (non-hydrogen) atoms. The van der Waals surface area contributed by atoms with Crippen molar-refractivity contribution in [2.24, 2.45) is 7.05 Å². The minimum absolute atomic E-state index is 0.0365. The highest BCUT2D eigenvalue weighted by molar-refractivity contribution is 6.08. The molecule has 0 radical (unpaired) electrons. The van der Waals surface area contributed by atoms with Crippen LogP contribution in [0.15, 0.2) is 53.2 Å². The highest BCUT2D eigenvalue weighted by Gasteiger charge is 2.30. The van der Waals surface area contributed by atoms with E-state index in [0.717, 1.165) is 28.7 Å². The topological polar surface area (TPSA) is 34.8 Å². The Morgan fingerprint density at radius 2 is 1.68 bits per heavy atom. The van der Waals surface area contributed by atoms with Gasteiger partial charge in [-0.1, -0.05) is 52.0 Å². The third kappa shape index (κ3) is 3.31. The molecule has 6 heteroatoms. The Morgan fingerprint density at radius 3 is 2.32 bits per heavy atom. The Labute approximate surface area is 197 Å². The molecule has 0 aliphatic carbocycles. The van der Waals surface area contributed by atoms with Crippen LogP contribution in [0, 0.1) is 18.7 Å². The number of benzene rings is 2. The number of para-hydroxylation sites is 1. The number of nitrogens with zero attached hydrogens (tertiary/aromatic N) is 3. The van der Waals surface area contributed by atoms with E-state index in [1.807, 2.05) is 36.9 Å². The molecule has 3 heterocycles. The Hall–Kier alpha value is -3.54. The summed E-state index contributed by atoms with van der Waals surface area (Å²) in [5.74, 6) is -0.0398. The molecule has 2 aromatic carbocycles. The van der Waals surface area contributed by atoms with Crippen LogP contribution < -0.4 is 4.57 Å². The predicted octanol–water partition coefficient (Wildman–Crippen LogP) is 7.10. The molecule has 0 aliphatic rings. The first-order valence-electron chi connectivity index (χ1n) is 11.6. The van der Waals surface area contributed by atoms with Crippen LogP contribution in [0.25, 0.3) is 39.1 Å². The van der Waals surface area contributed by atoms with E-state index in [1.54, 1.807) is 0 Å². The van der Waals surface area contributed by atoms with Gasteiger partial charge in [0.2, 0.25) is 11.7 Å². The van der Waals surface area contributed by atoms with Gasteiger partial charge in [0.1, 0.15) is 29.5 Å². The lowest BCUT2D eigenvalue weighted by molar-refractivity contribution is -0.659. The minimum Gasteiger partial charge on any atom is -0.437 e. The lowest BCUT2D eigenvalue weighted by atomic mass is 9.92. The Balaban J connectivity index is 1.90. The largest absolute Gasteiger partial charge is 0.437 e. The van der Waals surface area contributed by atoms with Gasteiger partial charge in [-0.3, -0.25) is 0 Å². The van der Waals surface area contributed by atoms with Crippen LogP contribution >= 0.6 is 0 Å². The molecule has 0 unspecified atom stereocenters. The van der Waals surface area contributed by atoms with Crippen LogP contribution in [0.5, 0.6) is 0 Å². The van der Waals surface area contributed by atoms with Crippen molar-refractivity contribution in [3.63, 3.8) is 0 Å². The molecule has 0 fully saturated rings. The minimum atomic E-state index is -0.899. The summed E-state index contributed by atoms with van der Waals surface area (Å²) in [6, 6.07) is 11.0. The number of fused-ring (bicyclic) bond motifs is 3. The fourth-order valence-electron chi connectivity index (χ4n) is 4.89. The fraction of sp³-hybridized carbons (Fsp3) is 0.286. The SMILES string of the molecule is Cc1ccc2c(oc3nc(F)cc(F)c32)c1-c1n(-c2c(C(C)C)cccc2C(C)C)cc[n+]1C. The molecular formula is C28H28F2N3O+. The van der Waals surface area contributed by atoms with Gasteiger partial charge in [0.05, 0.1) is 12.4 Å². The zero-order valence-corrected chi connectivity index (χ0v) is 20.3. The maximum atomic E-state index is 14.7. The second-order valence-corrected chi connectivity index (χ2v) is 9.54. The summed E-state index contributed by atoms with van der Waals surface area (Å²) in [6.45, 7) is 10.8. The van der Waals surface area contributed by atoms with Crippen molar-refractivity contribution in [1.29, 1.82) is 0 Å². The van der Waals surface area contributed by atoms with Crippen molar-refractivity contribution in [2.45, 2.75) is 46.5 Å². The second-order valence-electron chi connectivity index (χ2n) is 9.54.